The molecule has 0 atom stereocenters. The van der Waals surface area contributed by atoms with Crippen LogP contribution in [0.2, 0.25) is 0 Å². The smallest absolute Gasteiger partial charge is 0.272 e. The lowest BCUT2D eigenvalue weighted by atomic mass is 10.3. The minimum Gasteiger partial charge on any atom is -0.339 e. The first-order valence-electron chi connectivity index (χ1n) is 8.23. The second kappa shape index (κ2) is 7.61. The lowest BCUT2D eigenvalue weighted by Gasteiger charge is -2.11. The average molecular weight is 336 g/mol. The quantitative estimate of drug-likeness (QED) is 0.752. The summed E-state index contributed by atoms with van der Waals surface area (Å²) in [6.45, 7) is 3.20. The van der Waals surface area contributed by atoms with Crippen LogP contribution in [0.25, 0.3) is 0 Å². The van der Waals surface area contributed by atoms with Gasteiger partial charge in [0.05, 0.1) is 5.69 Å². The van der Waals surface area contributed by atoms with Crippen molar-refractivity contribution in [2.75, 3.05) is 5.32 Å². The Kier molecular flexibility index (Phi) is 5.09. The molecule has 6 nitrogen and oxygen atoms in total. The third kappa shape index (κ3) is 4.03. The van der Waals surface area contributed by atoms with Gasteiger partial charge in [0.2, 0.25) is 0 Å². The molecular weight excluding hydrogens is 316 g/mol. The van der Waals surface area contributed by atoms with Crippen molar-refractivity contribution in [1.29, 1.82) is 0 Å². The Morgan fingerprint density at radius 3 is 2.80 bits per heavy atom. The molecule has 0 fully saturated rings. The van der Waals surface area contributed by atoms with Gasteiger partial charge in [-0.1, -0.05) is 13.0 Å². The van der Waals surface area contributed by atoms with Crippen LogP contribution in [0.3, 0.4) is 0 Å². The summed E-state index contributed by atoms with van der Waals surface area (Å²) in [6.07, 6.45) is 7.89. The summed E-state index contributed by atoms with van der Waals surface area (Å²) in [5.41, 5.74) is 2.10. The molecular formula is C19H20N4O2. The molecule has 3 aromatic heterocycles. The lowest BCUT2D eigenvalue weighted by Crippen LogP contribution is -2.21. The number of rotatable bonds is 6. The number of carbonyl (C=O) groups excluding carboxylic acids is 1. The van der Waals surface area contributed by atoms with Crippen molar-refractivity contribution in [1.82, 2.24) is 14.1 Å². The molecule has 0 saturated heterocycles. The number of aromatic nitrogens is 3. The fourth-order valence-corrected chi connectivity index (χ4v) is 2.66. The number of pyridine rings is 2. The maximum Gasteiger partial charge on any atom is 0.272 e. The van der Waals surface area contributed by atoms with Gasteiger partial charge in [-0.2, -0.15) is 0 Å². The summed E-state index contributed by atoms with van der Waals surface area (Å²) in [6, 6.07) is 10.5. The molecule has 3 rings (SSSR count). The minimum atomic E-state index is -0.212. The second-order valence-electron chi connectivity index (χ2n) is 5.79. The molecule has 3 aromatic rings. The minimum absolute atomic E-state index is 0.0696. The van der Waals surface area contributed by atoms with E-state index in [9.17, 15) is 9.59 Å². The van der Waals surface area contributed by atoms with Gasteiger partial charge in [-0.05, 0) is 36.2 Å². The topological polar surface area (TPSA) is 68.9 Å². The van der Waals surface area contributed by atoms with Crippen molar-refractivity contribution in [3.05, 3.63) is 82.8 Å². The highest BCUT2D eigenvalue weighted by Crippen LogP contribution is 2.11. The summed E-state index contributed by atoms with van der Waals surface area (Å²) < 4.78 is 3.47. The Labute approximate surface area is 145 Å². The zero-order valence-corrected chi connectivity index (χ0v) is 14.1. The van der Waals surface area contributed by atoms with Gasteiger partial charge in [-0.15, -0.1) is 0 Å². The molecule has 0 aromatic carbocycles. The van der Waals surface area contributed by atoms with Crippen LogP contribution in [-0.4, -0.2) is 20.0 Å². The zero-order chi connectivity index (χ0) is 17.6. The molecule has 0 bridgehead atoms. The van der Waals surface area contributed by atoms with Crippen molar-refractivity contribution in [3.8, 4) is 0 Å². The highest BCUT2D eigenvalue weighted by molar-refractivity contribution is 6.03. The number of anilines is 1. The van der Waals surface area contributed by atoms with Crippen LogP contribution in [-0.2, 0) is 13.1 Å². The summed E-state index contributed by atoms with van der Waals surface area (Å²) >= 11 is 0. The van der Waals surface area contributed by atoms with Crippen LogP contribution < -0.4 is 10.9 Å². The van der Waals surface area contributed by atoms with Crippen LogP contribution in [0.5, 0.6) is 0 Å². The van der Waals surface area contributed by atoms with Gasteiger partial charge in [-0.3, -0.25) is 14.6 Å². The predicted molar refractivity (Wildman–Crippen MR) is 96.7 cm³/mol. The normalized spacial score (nSPS) is 10.6. The van der Waals surface area contributed by atoms with Gasteiger partial charge in [0.1, 0.15) is 5.69 Å². The number of amides is 1. The predicted octanol–water partition coefficient (Wildman–Crippen LogP) is 2.76. The summed E-state index contributed by atoms with van der Waals surface area (Å²) in [5.74, 6) is -0.212. The molecule has 0 spiro atoms. The largest absolute Gasteiger partial charge is 0.339 e. The average Bonchev–Trinajstić information content (AvgIpc) is 3.07. The lowest BCUT2D eigenvalue weighted by molar-refractivity contribution is 0.101. The van der Waals surface area contributed by atoms with Crippen LogP contribution in [0.1, 0.15) is 29.4 Å². The van der Waals surface area contributed by atoms with E-state index in [1.165, 1.54) is 6.07 Å². The molecule has 3 heterocycles. The third-order valence-corrected chi connectivity index (χ3v) is 3.84. The van der Waals surface area contributed by atoms with Gasteiger partial charge < -0.3 is 14.5 Å². The Morgan fingerprint density at radius 2 is 2.04 bits per heavy atom. The number of hydrogen-bond donors (Lipinski definition) is 1. The molecule has 128 valence electrons. The Bertz CT molecular complexity index is 912. The molecule has 0 aliphatic heterocycles. The van der Waals surface area contributed by atoms with Crippen LogP contribution in [0, 0.1) is 0 Å². The van der Waals surface area contributed by atoms with Gasteiger partial charge in [-0.25, -0.2) is 0 Å². The second-order valence-corrected chi connectivity index (χ2v) is 5.79. The zero-order valence-electron chi connectivity index (χ0n) is 14.1. The van der Waals surface area contributed by atoms with Crippen molar-refractivity contribution in [2.45, 2.75) is 26.4 Å². The standard InChI is InChI=1S/C19H20N4O2/c1-2-10-23-14-16(7-8-18(23)24)21-19(25)17-6-4-11-22(17)13-15-5-3-9-20-12-15/h3-9,11-12,14H,2,10,13H2,1H3,(H,21,25). The molecule has 0 aliphatic rings. The van der Waals surface area contributed by atoms with E-state index in [0.29, 0.717) is 24.5 Å². The molecule has 0 unspecified atom stereocenters. The summed E-state index contributed by atoms with van der Waals surface area (Å²) in [7, 11) is 0. The Morgan fingerprint density at radius 1 is 1.16 bits per heavy atom. The first-order valence-corrected chi connectivity index (χ1v) is 8.23. The van der Waals surface area contributed by atoms with Gasteiger partial charge in [0, 0.05) is 43.9 Å². The molecule has 25 heavy (non-hydrogen) atoms. The van der Waals surface area contributed by atoms with Crippen LogP contribution in [0.15, 0.2) is 66.0 Å². The van der Waals surface area contributed by atoms with Crippen molar-refractivity contribution in [3.63, 3.8) is 0 Å². The number of nitrogens with zero attached hydrogens (tertiary/aromatic N) is 3. The molecule has 0 radical (unpaired) electrons. The number of hydrogen-bond acceptors (Lipinski definition) is 3. The molecule has 1 N–H and O–H groups in total. The molecule has 1 amide bonds. The van der Waals surface area contributed by atoms with E-state index in [1.54, 1.807) is 35.3 Å². The molecule has 0 saturated carbocycles. The summed E-state index contributed by atoms with van der Waals surface area (Å²) in [4.78, 5) is 28.5. The number of carbonyl (C=O) groups is 1. The Hall–Kier alpha value is -3.15. The van der Waals surface area contributed by atoms with Crippen LogP contribution in [0.4, 0.5) is 5.69 Å². The van der Waals surface area contributed by atoms with Gasteiger partial charge in [0.25, 0.3) is 11.5 Å². The first-order chi connectivity index (χ1) is 12.2. The third-order valence-electron chi connectivity index (χ3n) is 3.84. The van der Waals surface area contributed by atoms with E-state index in [2.05, 4.69) is 10.3 Å². The monoisotopic (exact) mass is 336 g/mol. The highest BCUT2D eigenvalue weighted by atomic mass is 16.2. The maximum absolute atomic E-state index is 12.6. The first kappa shape index (κ1) is 16.7. The fourth-order valence-electron chi connectivity index (χ4n) is 2.66. The summed E-state index contributed by atoms with van der Waals surface area (Å²) in [5, 5.41) is 2.86. The van der Waals surface area contributed by atoms with E-state index in [0.717, 1.165) is 12.0 Å². The van der Waals surface area contributed by atoms with Gasteiger partial charge >= 0.3 is 0 Å². The van der Waals surface area contributed by atoms with E-state index in [-0.39, 0.29) is 11.5 Å². The number of aryl methyl sites for hydroxylation is 1. The maximum atomic E-state index is 12.6. The van der Waals surface area contributed by atoms with E-state index in [4.69, 9.17) is 0 Å². The van der Waals surface area contributed by atoms with Crippen molar-refractivity contribution in [2.24, 2.45) is 0 Å². The molecule has 0 aliphatic carbocycles. The van der Waals surface area contributed by atoms with Crippen LogP contribution >= 0.6 is 0 Å². The van der Waals surface area contributed by atoms with E-state index in [1.807, 2.05) is 35.9 Å². The van der Waals surface area contributed by atoms with Crippen molar-refractivity contribution >= 4 is 11.6 Å². The SMILES string of the molecule is CCCn1cc(NC(=O)c2cccn2Cc2cccnc2)ccc1=O. The number of nitrogens with one attached hydrogen (secondary N) is 1. The van der Waals surface area contributed by atoms with E-state index >= 15 is 0 Å². The van der Waals surface area contributed by atoms with Crippen molar-refractivity contribution < 1.29 is 4.79 Å². The van der Waals surface area contributed by atoms with Gasteiger partial charge in [0.15, 0.2) is 0 Å². The molecule has 6 heteroatoms. The van der Waals surface area contributed by atoms with E-state index < -0.39 is 0 Å². The highest BCUT2D eigenvalue weighted by Gasteiger charge is 2.12. The Balaban J connectivity index is 1.77. The fraction of sp³-hybridized carbons (Fsp3) is 0.211.